The molecule has 0 aliphatic carbocycles. The summed E-state index contributed by atoms with van der Waals surface area (Å²) in [5.41, 5.74) is -0.822. The van der Waals surface area contributed by atoms with Crippen LogP contribution in [0.1, 0.15) is 6.42 Å². The van der Waals surface area contributed by atoms with Gasteiger partial charge in [0.25, 0.3) is 0 Å². The van der Waals surface area contributed by atoms with Gasteiger partial charge in [0, 0.05) is 0 Å². The summed E-state index contributed by atoms with van der Waals surface area (Å²) in [6.45, 7) is -0.211. The van der Waals surface area contributed by atoms with Gasteiger partial charge < -0.3 is 9.84 Å². The van der Waals surface area contributed by atoms with Crippen molar-refractivity contribution in [3.63, 3.8) is 0 Å². The number of aliphatic hydroxyl groups is 1. The fourth-order valence-electron chi connectivity index (χ4n) is 1.40. The molecule has 0 saturated carbocycles. The number of ether oxygens (including phenoxy) is 1. The Morgan fingerprint density at radius 2 is 1.14 bits per heavy atom. The minimum atomic E-state index is -7.98. The van der Waals surface area contributed by atoms with E-state index >= 15 is 0 Å². The molecule has 0 aliphatic rings. The average Bonchev–Trinajstić information content (AvgIpc) is 2.51. The Hall–Kier alpha value is -1.74. The highest BCUT2D eigenvalue weighted by Gasteiger charge is 2.90. The molecule has 0 radical (unpaired) electrons. The minimum absolute atomic E-state index is 0.822. The Kier molecular flexibility index (Phi) is 7.12. The van der Waals surface area contributed by atoms with E-state index in [1.165, 1.54) is 0 Å². The summed E-state index contributed by atoms with van der Waals surface area (Å²) in [4.78, 5) is 10.9. The molecule has 0 spiro atoms. The van der Waals surface area contributed by atoms with Crippen LogP contribution in [0, 0.1) is 0 Å². The zero-order chi connectivity index (χ0) is 23.0. The van der Waals surface area contributed by atoms with Gasteiger partial charge in [-0.25, -0.2) is 4.79 Å². The molecular weight excluding hydrogens is 439 g/mol. The van der Waals surface area contributed by atoms with Crippen molar-refractivity contribution in [1.82, 2.24) is 0 Å². The van der Waals surface area contributed by atoms with Crippen LogP contribution in [0.5, 0.6) is 0 Å². The van der Waals surface area contributed by atoms with Crippen molar-refractivity contribution in [3.05, 3.63) is 12.2 Å². The molecule has 3 nitrogen and oxygen atoms in total. The first-order valence-corrected chi connectivity index (χ1v) is 6.53. The predicted octanol–water partition coefficient (Wildman–Crippen LogP) is 4.21. The molecule has 28 heavy (non-hydrogen) atoms. The number of hydrogen-bond acceptors (Lipinski definition) is 3. The fraction of sp³-hybridized carbons (Fsp3) is 0.750. The highest BCUT2D eigenvalue weighted by atomic mass is 19.4. The minimum Gasteiger partial charge on any atom is -0.462 e. The lowest BCUT2D eigenvalue weighted by Crippen LogP contribution is -2.70. The van der Waals surface area contributed by atoms with Crippen LogP contribution in [0.2, 0.25) is 0 Å². The van der Waals surface area contributed by atoms with E-state index in [4.69, 9.17) is 5.11 Å². The molecule has 0 aromatic carbocycles. The standard InChI is InChI=1S/C12H9F13O3/c1-5(4-26)6(27)28-3-2-7(13,14)8(15,16)9(17,18)10(19,20)11(21,22)12(23,24)25/h26H,1-4H2. The molecule has 0 heterocycles. The second kappa shape index (κ2) is 7.59. The van der Waals surface area contributed by atoms with Gasteiger partial charge in [-0.3, -0.25) is 0 Å². The van der Waals surface area contributed by atoms with Crippen LogP contribution >= 0.6 is 0 Å². The van der Waals surface area contributed by atoms with Crippen molar-refractivity contribution in [1.29, 1.82) is 0 Å². The van der Waals surface area contributed by atoms with Crippen molar-refractivity contribution < 1.29 is 71.7 Å². The highest BCUT2D eigenvalue weighted by Crippen LogP contribution is 2.60. The summed E-state index contributed by atoms with van der Waals surface area (Å²) >= 11 is 0. The first-order chi connectivity index (χ1) is 12.1. The molecule has 0 amide bonds. The Morgan fingerprint density at radius 1 is 0.750 bits per heavy atom. The third-order valence-corrected chi connectivity index (χ3v) is 3.13. The molecule has 0 saturated heterocycles. The molecule has 0 aromatic heterocycles. The SMILES string of the molecule is C=C(CO)C(=O)OCCC(F)(F)C(F)(F)C(F)(F)C(F)(F)C(F)(F)C(F)(F)F. The van der Waals surface area contributed by atoms with E-state index in [0.717, 1.165) is 0 Å². The van der Waals surface area contributed by atoms with Gasteiger partial charge in [0.1, 0.15) is 0 Å². The summed E-state index contributed by atoms with van der Waals surface area (Å²) < 4.78 is 170. The third kappa shape index (κ3) is 4.15. The van der Waals surface area contributed by atoms with E-state index < -0.39 is 67.0 Å². The molecular formula is C12H9F13O3. The Morgan fingerprint density at radius 3 is 1.50 bits per heavy atom. The summed E-state index contributed by atoms with van der Waals surface area (Å²) in [5.74, 6) is -39.1. The van der Waals surface area contributed by atoms with Gasteiger partial charge in [0.2, 0.25) is 0 Å². The lowest BCUT2D eigenvalue weighted by Gasteiger charge is -2.39. The number of halogens is 13. The van der Waals surface area contributed by atoms with Crippen LogP contribution in [0.15, 0.2) is 12.2 Å². The Bertz CT molecular complexity index is 594. The predicted molar refractivity (Wildman–Crippen MR) is 62.6 cm³/mol. The molecule has 16 heteroatoms. The second-order valence-corrected chi connectivity index (χ2v) is 5.15. The zero-order valence-electron chi connectivity index (χ0n) is 13.0. The highest BCUT2D eigenvalue weighted by molar-refractivity contribution is 5.87. The maximum absolute atomic E-state index is 13.3. The molecule has 0 aliphatic heterocycles. The number of rotatable bonds is 9. The first-order valence-electron chi connectivity index (χ1n) is 6.53. The topological polar surface area (TPSA) is 46.5 Å². The fourth-order valence-corrected chi connectivity index (χ4v) is 1.40. The summed E-state index contributed by atoms with van der Waals surface area (Å²) in [6, 6.07) is 0. The third-order valence-electron chi connectivity index (χ3n) is 3.13. The van der Waals surface area contributed by atoms with E-state index in [9.17, 15) is 61.9 Å². The van der Waals surface area contributed by atoms with Crippen molar-refractivity contribution in [3.8, 4) is 0 Å². The number of aliphatic hydroxyl groups excluding tert-OH is 1. The van der Waals surface area contributed by atoms with Crippen LogP contribution in [0.3, 0.4) is 0 Å². The quantitative estimate of drug-likeness (QED) is 0.327. The Labute approximate surface area is 146 Å². The van der Waals surface area contributed by atoms with Crippen molar-refractivity contribution in [2.75, 3.05) is 13.2 Å². The molecule has 0 aromatic rings. The zero-order valence-corrected chi connectivity index (χ0v) is 13.0. The van der Waals surface area contributed by atoms with Crippen LogP contribution in [0.4, 0.5) is 57.1 Å². The lowest BCUT2D eigenvalue weighted by molar-refractivity contribution is -0.440. The van der Waals surface area contributed by atoms with E-state index in [1.807, 2.05) is 0 Å². The molecule has 0 bridgehead atoms. The van der Waals surface area contributed by atoms with Gasteiger partial charge >= 0.3 is 41.8 Å². The van der Waals surface area contributed by atoms with Gasteiger partial charge in [-0.2, -0.15) is 57.1 Å². The van der Waals surface area contributed by atoms with Gasteiger partial charge in [0.05, 0.1) is 25.2 Å². The first kappa shape index (κ1) is 26.3. The van der Waals surface area contributed by atoms with Crippen LogP contribution in [-0.2, 0) is 9.53 Å². The number of carbonyl (C=O) groups excluding carboxylic acids is 1. The van der Waals surface area contributed by atoms with E-state index in [2.05, 4.69) is 11.3 Å². The number of alkyl halides is 13. The molecule has 0 atom stereocenters. The average molecular weight is 448 g/mol. The molecule has 0 unspecified atom stereocenters. The van der Waals surface area contributed by atoms with Gasteiger partial charge in [-0.15, -0.1) is 0 Å². The monoisotopic (exact) mass is 448 g/mol. The summed E-state index contributed by atoms with van der Waals surface area (Å²) in [5, 5.41) is 8.42. The van der Waals surface area contributed by atoms with E-state index in [-0.39, 0.29) is 0 Å². The van der Waals surface area contributed by atoms with Crippen LogP contribution < -0.4 is 0 Å². The second-order valence-electron chi connectivity index (χ2n) is 5.15. The van der Waals surface area contributed by atoms with E-state index in [1.54, 1.807) is 0 Å². The summed E-state index contributed by atoms with van der Waals surface area (Å²) in [6.07, 6.45) is -10.2. The van der Waals surface area contributed by atoms with Crippen LogP contribution in [-0.4, -0.2) is 60.1 Å². The van der Waals surface area contributed by atoms with Gasteiger partial charge in [0.15, 0.2) is 0 Å². The smallest absolute Gasteiger partial charge is 0.460 e. The van der Waals surface area contributed by atoms with Crippen molar-refractivity contribution in [2.45, 2.75) is 42.2 Å². The largest absolute Gasteiger partial charge is 0.462 e. The number of hydrogen-bond donors (Lipinski definition) is 1. The number of carbonyl (C=O) groups is 1. The van der Waals surface area contributed by atoms with Crippen molar-refractivity contribution >= 4 is 5.97 Å². The summed E-state index contributed by atoms with van der Waals surface area (Å²) in [7, 11) is 0. The van der Waals surface area contributed by atoms with E-state index in [0.29, 0.717) is 0 Å². The number of esters is 1. The Balaban J connectivity index is 5.74. The maximum Gasteiger partial charge on any atom is 0.460 e. The van der Waals surface area contributed by atoms with Crippen LogP contribution in [0.25, 0.3) is 0 Å². The van der Waals surface area contributed by atoms with Gasteiger partial charge in [-0.05, 0) is 0 Å². The van der Waals surface area contributed by atoms with Gasteiger partial charge in [-0.1, -0.05) is 6.58 Å². The molecule has 0 fully saturated rings. The molecule has 0 rings (SSSR count). The maximum atomic E-state index is 13.3. The van der Waals surface area contributed by atoms with Crippen molar-refractivity contribution in [2.24, 2.45) is 0 Å². The normalized spacial score (nSPS) is 14.8. The molecule has 1 N–H and O–H groups in total. The molecule has 166 valence electrons. The lowest BCUT2D eigenvalue weighted by atomic mass is 9.93.